The molecule has 0 atom stereocenters. The minimum atomic E-state index is -1.16. The molecule has 1 aromatic carbocycles. The average molecular weight is 192 g/mol. The quantitative estimate of drug-likeness (QED) is 0.629. The van der Waals surface area contributed by atoms with E-state index < -0.39 is 5.97 Å². The van der Waals surface area contributed by atoms with Crippen molar-refractivity contribution in [1.29, 1.82) is 5.26 Å². The van der Waals surface area contributed by atoms with E-state index in [0.717, 1.165) is 6.07 Å². The van der Waals surface area contributed by atoms with Gasteiger partial charge in [0.15, 0.2) is 0 Å². The highest BCUT2D eigenvalue weighted by molar-refractivity contribution is 5.88. The van der Waals surface area contributed by atoms with E-state index in [1.807, 2.05) is 0 Å². The predicted molar refractivity (Wildman–Crippen MR) is 47.7 cm³/mol. The van der Waals surface area contributed by atoms with Gasteiger partial charge in [0.05, 0.1) is 11.1 Å². The van der Waals surface area contributed by atoms with Gasteiger partial charge in [-0.1, -0.05) is 0 Å². The molecule has 14 heavy (non-hydrogen) atoms. The molecular formula is C9H8N2O3. The summed E-state index contributed by atoms with van der Waals surface area (Å²) < 4.78 is 0. The second kappa shape index (κ2) is 3.77. The molecule has 1 aromatic rings. The van der Waals surface area contributed by atoms with Gasteiger partial charge in [-0.2, -0.15) is 5.26 Å². The van der Waals surface area contributed by atoms with E-state index in [1.54, 1.807) is 6.07 Å². The Morgan fingerprint density at radius 2 is 2.21 bits per heavy atom. The highest BCUT2D eigenvalue weighted by Crippen LogP contribution is 2.23. The summed E-state index contributed by atoms with van der Waals surface area (Å²) in [7, 11) is 0. The third kappa shape index (κ3) is 1.65. The van der Waals surface area contributed by atoms with Crippen LogP contribution in [0, 0.1) is 11.3 Å². The molecular weight excluding hydrogens is 184 g/mol. The molecule has 72 valence electrons. The molecule has 0 aliphatic carbocycles. The molecule has 0 saturated carbocycles. The third-order valence-corrected chi connectivity index (χ3v) is 1.78. The summed E-state index contributed by atoms with van der Waals surface area (Å²) >= 11 is 0. The molecule has 0 radical (unpaired) electrons. The van der Waals surface area contributed by atoms with Gasteiger partial charge < -0.3 is 15.9 Å². The van der Waals surface area contributed by atoms with Crippen molar-refractivity contribution in [3.8, 4) is 11.8 Å². The Bertz CT molecular complexity index is 421. The first kappa shape index (κ1) is 10.0. The number of carboxylic acid groups (broad SMARTS) is 1. The molecule has 0 aromatic heterocycles. The number of nitrogens with zero attached hydrogens (tertiary/aromatic N) is 1. The van der Waals surface area contributed by atoms with Crippen LogP contribution in [-0.2, 0) is 6.54 Å². The number of hydrogen-bond donors (Lipinski definition) is 3. The lowest BCUT2D eigenvalue weighted by atomic mass is 10.0. The Kier molecular flexibility index (Phi) is 2.70. The lowest BCUT2D eigenvalue weighted by Crippen LogP contribution is -2.03. The Balaban J connectivity index is 3.41. The first-order chi connectivity index (χ1) is 6.60. The van der Waals surface area contributed by atoms with Crippen molar-refractivity contribution >= 4 is 5.97 Å². The van der Waals surface area contributed by atoms with Crippen LogP contribution >= 0.6 is 0 Å². The summed E-state index contributed by atoms with van der Waals surface area (Å²) in [6, 6.07) is 4.05. The summed E-state index contributed by atoms with van der Waals surface area (Å²) in [5.41, 5.74) is 5.40. The van der Waals surface area contributed by atoms with Crippen LogP contribution in [0.25, 0.3) is 0 Å². The largest absolute Gasteiger partial charge is 0.506 e. The summed E-state index contributed by atoms with van der Waals surface area (Å²) in [4.78, 5) is 10.6. The summed E-state index contributed by atoms with van der Waals surface area (Å²) in [6.45, 7) is -0.0123. The Morgan fingerprint density at radius 1 is 1.57 bits per heavy atom. The number of carboxylic acids is 1. The second-order valence-corrected chi connectivity index (χ2v) is 2.65. The highest BCUT2D eigenvalue weighted by Gasteiger charge is 2.12. The Labute approximate surface area is 80.0 Å². The van der Waals surface area contributed by atoms with Crippen molar-refractivity contribution in [3.63, 3.8) is 0 Å². The number of aromatic hydroxyl groups is 1. The fourth-order valence-corrected chi connectivity index (χ4v) is 1.06. The maximum Gasteiger partial charge on any atom is 0.335 e. The van der Waals surface area contributed by atoms with Gasteiger partial charge >= 0.3 is 5.97 Å². The SMILES string of the molecule is N#Cc1cc(C(=O)O)cc(CN)c1O. The number of nitrogens with two attached hydrogens (primary N) is 1. The second-order valence-electron chi connectivity index (χ2n) is 2.65. The van der Waals surface area contributed by atoms with Crippen LogP contribution in [0.4, 0.5) is 0 Å². The molecule has 0 bridgehead atoms. The molecule has 0 amide bonds. The molecule has 0 saturated heterocycles. The van der Waals surface area contributed by atoms with Crippen LogP contribution in [0.15, 0.2) is 12.1 Å². The molecule has 0 unspecified atom stereocenters. The number of rotatable bonds is 2. The van der Waals surface area contributed by atoms with Gasteiger partial charge in [0, 0.05) is 12.1 Å². The van der Waals surface area contributed by atoms with E-state index in [2.05, 4.69) is 0 Å². The standard InChI is InChI=1S/C9H8N2O3/c10-3-6-1-5(9(13)14)2-7(4-11)8(6)12/h1-2,12H,3,10H2,(H,13,14). The van der Waals surface area contributed by atoms with E-state index in [0.29, 0.717) is 0 Å². The topological polar surface area (TPSA) is 107 Å². The third-order valence-electron chi connectivity index (χ3n) is 1.78. The molecule has 0 aliphatic heterocycles. The molecule has 4 N–H and O–H groups in total. The van der Waals surface area contributed by atoms with Gasteiger partial charge in [-0.3, -0.25) is 0 Å². The number of aromatic carboxylic acids is 1. The number of hydrogen-bond acceptors (Lipinski definition) is 4. The molecule has 0 aliphatic rings. The monoisotopic (exact) mass is 192 g/mol. The zero-order valence-corrected chi connectivity index (χ0v) is 7.19. The van der Waals surface area contributed by atoms with E-state index in [9.17, 15) is 9.90 Å². The van der Waals surface area contributed by atoms with Crippen molar-refractivity contribution in [1.82, 2.24) is 0 Å². The predicted octanol–water partition coefficient (Wildman–Crippen LogP) is 0.421. The minimum absolute atomic E-state index is 0.0123. The van der Waals surface area contributed by atoms with Crippen molar-refractivity contribution in [3.05, 3.63) is 28.8 Å². The normalized spacial score (nSPS) is 9.43. The Morgan fingerprint density at radius 3 is 2.64 bits per heavy atom. The summed E-state index contributed by atoms with van der Waals surface area (Å²) in [5.74, 6) is -1.41. The number of nitriles is 1. The fourth-order valence-electron chi connectivity index (χ4n) is 1.06. The van der Waals surface area contributed by atoms with Crippen LogP contribution in [-0.4, -0.2) is 16.2 Å². The van der Waals surface area contributed by atoms with Gasteiger partial charge in [0.2, 0.25) is 0 Å². The van der Waals surface area contributed by atoms with Crippen LogP contribution in [0.2, 0.25) is 0 Å². The van der Waals surface area contributed by atoms with Gasteiger partial charge in [-0.05, 0) is 12.1 Å². The maximum atomic E-state index is 10.6. The lowest BCUT2D eigenvalue weighted by Gasteiger charge is -2.04. The van der Waals surface area contributed by atoms with Crippen molar-refractivity contribution in [2.24, 2.45) is 5.73 Å². The van der Waals surface area contributed by atoms with E-state index >= 15 is 0 Å². The number of benzene rings is 1. The van der Waals surface area contributed by atoms with Gasteiger partial charge in [0.1, 0.15) is 11.8 Å². The van der Waals surface area contributed by atoms with E-state index in [1.165, 1.54) is 6.07 Å². The number of carbonyl (C=O) groups is 1. The number of phenolic OH excluding ortho intramolecular Hbond substituents is 1. The van der Waals surface area contributed by atoms with Gasteiger partial charge in [0.25, 0.3) is 0 Å². The van der Waals surface area contributed by atoms with Gasteiger partial charge in [-0.25, -0.2) is 4.79 Å². The van der Waals surface area contributed by atoms with Crippen molar-refractivity contribution < 1.29 is 15.0 Å². The van der Waals surface area contributed by atoms with E-state index in [4.69, 9.17) is 16.1 Å². The minimum Gasteiger partial charge on any atom is -0.506 e. The van der Waals surface area contributed by atoms with Crippen LogP contribution < -0.4 is 5.73 Å². The molecule has 0 fully saturated rings. The zero-order valence-electron chi connectivity index (χ0n) is 7.19. The molecule has 5 heteroatoms. The van der Waals surface area contributed by atoms with Crippen molar-refractivity contribution in [2.45, 2.75) is 6.54 Å². The first-order valence-corrected chi connectivity index (χ1v) is 3.79. The van der Waals surface area contributed by atoms with Gasteiger partial charge in [-0.15, -0.1) is 0 Å². The lowest BCUT2D eigenvalue weighted by molar-refractivity contribution is 0.0696. The van der Waals surface area contributed by atoms with E-state index in [-0.39, 0.29) is 29.0 Å². The first-order valence-electron chi connectivity index (χ1n) is 3.79. The van der Waals surface area contributed by atoms with Crippen LogP contribution in [0.5, 0.6) is 5.75 Å². The highest BCUT2D eigenvalue weighted by atomic mass is 16.4. The molecule has 5 nitrogen and oxygen atoms in total. The Hall–Kier alpha value is -2.06. The van der Waals surface area contributed by atoms with Crippen LogP contribution in [0.3, 0.4) is 0 Å². The fraction of sp³-hybridized carbons (Fsp3) is 0.111. The number of phenols is 1. The average Bonchev–Trinajstić information content (AvgIpc) is 2.17. The summed E-state index contributed by atoms with van der Waals surface area (Å²) in [5, 5.41) is 26.7. The smallest absolute Gasteiger partial charge is 0.335 e. The van der Waals surface area contributed by atoms with Crippen LogP contribution in [0.1, 0.15) is 21.5 Å². The molecule has 0 spiro atoms. The molecule has 0 heterocycles. The maximum absolute atomic E-state index is 10.6. The molecule has 1 rings (SSSR count). The van der Waals surface area contributed by atoms with Crippen molar-refractivity contribution in [2.75, 3.05) is 0 Å². The zero-order chi connectivity index (χ0) is 10.7. The summed E-state index contributed by atoms with van der Waals surface area (Å²) in [6.07, 6.45) is 0.